The molecule has 0 aliphatic carbocycles. The SMILES string of the molecule is C=C(C)C(=O)O.FC(F)(F)c1ccccc1. The van der Waals surface area contributed by atoms with E-state index in [2.05, 4.69) is 6.58 Å². The van der Waals surface area contributed by atoms with Crippen LogP contribution >= 0.6 is 0 Å². The summed E-state index contributed by atoms with van der Waals surface area (Å²) in [6.45, 7) is 4.60. The van der Waals surface area contributed by atoms with Gasteiger partial charge in [0.2, 0.25) is 0 Å². The van der Waals surface area contributed by atoms with Gasteiger partial charge in [0.15, 0.2) is 0 Å². The summed E-state index contributed by atoms with van der Waals surface area (Å²) in [5.41, 5.74) is -0.426. The first-order valence-corrected chi connectivity index (χ1v) is 4.26. The Morgan fingerprint density at radius 1 is 1.25 bits per heavy atom. The Bertz CT molecular complexity index is 343. The molecule has 1 aromatic carbocycles. The van der Waals surface area contributed by atoms with E-state index in [4.69, 9.17) is 5.11 Å². The molecule has 0 spiro atoms. The Hall–Kier alpha value is -1.78. The van der Waals surface area contributed by atoms with Gasteiger partial charge >= 0.3 is 12.1 Å². The summed E-state index contributed by atoms with van der Waals surface area (Å²) < 4.78 is 35.4. The first-order chi connectivity index (χ1) is 7.25. The molecule has 1 rings (SSSR count). The van der Waals surface area contributed by atoms with E-state index < -0.39 is 17.7 Å². The van der Waals surface area contributed by atoms with Crippen LogP contribution in [-0.4, -0.2) is 11.1 Å². The van der Waals surface area contributed by atoms with Crippen LogP contribution in [0.25, 0.3) is 0 Å². The van der Waals surface area contributed by atoms with E-state index in [1.54, 1.807) is 6.07 Å². The maximum absolute atomic E-state index is 11.8. The van der Waals surface area contributed by atoms with Crippen molar-refractivity contribution < 1.29 is 23.1 Å². The molecule has 88 valence electrons. The molecule has 0 aliphatic heterocycles. The van der Waals surface area contributed by atoms with Crippen LogP contribution in [0.4, 0.5) is 13.2 Å². The first-order valence-electron chi connectivity index (χ1n) is 4.26. The quantitative estimate of drug-likeness (QED) is 0.754. The predicted molar refractivity (Wildman–Crippen MR) is 53.9 cm³/mol. The second-order valence-corrected chi connectivity index (χ2v) is 2.95. The number of hydrogen-bond acceptors (Lipinski definition) is 1. The third kappa shape index (κ3) is 5.85. The van der Waals surface area contributed by atoms with Gasteiger partial charge in [-0.05, 0) is 6.92 Å². The Kier molecular flexibility index (Phi) is 5.29. The van der Waals surface area contributed by atoms with Crippen LogP contribution in [-0.2, 0) is 11.0 Å². The van der Waals surface area contributed by atoms with Crippen molar-refractivity contribution in [3.8, 4) is 0 Å². The van der Waals surface area contributed by atoms with Crippen LogP contribution < -0.4 is 0 Å². The van der Waals surface area contributed by atoms with E-state index in [-0.39, 0.29) is 5.57 Å². The zero-order valence-corrected chi connectivity index (χ0v) is 8.58. The van der Waals surface area contributed by atoms with Gasteiger partial charge in [0.05, 0.1) is 5.56 Å². The molecule has 0 amide bonds. The molecule has 0 heterocycles. The summed E-state index contributed by atoms with van der Waals surface area (Å²) in [6, 6.07) is 6.36. The van der Waals surface area contributed by atoms with Crippen molar-refractivity contribution in [3.05, 3.63) is 48.0 Å². The Labute approximate surface area is 91.0 Å². The molecule has 1 N–H and O–H groups in total. The third-order valence-electron chi connectivity index (χ3n) is 1.47. The van der Waals surface area contributed by atoms with Gasteiger partial charge in [0, 0.05) is 5.57 Å². The summed E-state index contributed by atoms with van der Waals surface area (Å²) in [6.07, 6.45) is -4.21. The van der Waals surface area contributed by atoms with Gasteiger partial charge in [-0.2, -0.15) is 13.2 Å². The number of carboxylic acids is 1. The highest BCUT2D eigenvalue weighted by atomic mass is 19.4. The fourth-order valence-corrected chi connectivity index (χ4v) is 0.627. The first kappa shape index (κ1) is 14.2. The molecule has 2 nitrogen and oxygen atoms in total. The second-order valence-electron chi connectivity index (χ2n) is 2.95. The van der Waals surface area contributed by atoms with Crippen LogP contribution in [0.3, 0.4) is 0 Å². The molecule has 0 bridgehead atoms. The fourth-order valence-electron chi connectivity index (χ4n) is 0.627. The number of hydrogen-bond donors (Lipinski definition) is 1. The monoisotopic (exact) mass is 232 g/mol. The highest BCUT2D eigenvalue weighted by molar-refractivity contribution is 5.84. The molecule has 5 heteroatoms. The summed E-state index contributed by atoms with van der Waals surface area (Å²) in [4.78, 5) is 9.60. The smallest absolute Gasteiger partial charge is 0.416 e. The number of halogens is 3. The van der Waals surface area contributed by atoms with Gasteiger partial charge in [-0.1, -0.05) is 36.9 Å². The molecule has 0 unspecified atom stereocenters. The highest BCUT2D eigenvalue weighted by Gasteiger charge is 2.29. The summed E-state index contributed by atoms with van der Waals surface area (Å²) >= 11 is 0. The van der Waals surface area contributed by atoms with Crippen molar-refractivity contribution in [2.24, 2.45) is 0 Å². The van der Waals surface area contributed by atoms with Crippen molar-refractivity contribution >= 4 is 5.97 Å². The topological polar surface area (TPSA) is 37.3 Å². The number of carboxylic acid groups (broad SMARTS) is 1. The van der Waals surface area contributed by atoms with Crippen LogP contribution in [0.15, 0.2) is 42.5 Å². The third-order valence-corrected chi connectivity index (χ3v) is 1.47. The molecule has 0 aliphatic rings. The van der Waals surface area contributed by atoms with Crippen LogP contribution in [0.1, 0.15) is 12.5 Å². The van der Waals surface area contributed by atoms with Crippen LogP contribution in [0.5, 0.6) is 0 Å². The van der Waals surface area contributed by atoms with E-state index in [1.807, 2.05) is 0 Å². The van der Waals surface area contributed by atoms with Crippen molar-refractivity contribution in [3.63, 3.8) is 0 Å². The molecule has 0 aromatic heterocycles. The number of benzene rings is 1. The average Bonchev–Trinajstić information content (AvgIpc) is 2.18. The van der Waals surface area contributed by atoms with Crippen molar-refractivity contribution in [1.29, 1.82) is 0 Å². The van der Waals surface area contributed by atoms with E-state index in [1.165, 1.54) is 19.1 Å². The summed E-state index contributed by atoms with van der Waals surface area (Å²) in [5.74, 6) is -0.935. The van der Waals surface area contributed by atoms with Gasteiger partial charge in [0.1, 0.15) is 0 Å². The number of rotatable bonds is 1. The second kappa shape index (κ2) is 5.95. The molecule has 1 aromatic rings. The zero-order chi connectivity index (χ0) is 12.8. The molecule has 0 fully saturated rings. The van der Waals surface area contributed by atoms with Crippen molar-refractivity contribution in [2.75, 3.05) is 0 Å². The Morgan fingerprint density at radius 2 is 1.62 bits per heavy atom. The van der Waals surface area contributed by atoms with Gasteiger partial charge in [-0.15, -0.1) is 0 Å². The standard InChI is InChI=1S/C7H5F3.C4H6O2/c8-7(9,10)6-4-2-1-3-5-6;1-3(2)4(5)6/h1-5H;1H2,2H3,(H,5,6). The van der Waals surface area contributed by atoms with Gasteiger partial charge < -0.3 is 5.11 Å². The van der Waals surface area contributed by atoms with E-state index >= 15 is 0 Å². The predicted octanol–water partition coefficient (Wildman–Crippen LogP) is 3.35. The lowest BCUT2D eigenvalue weighted by Crippen LogP contribution is -2.03. The molecule has 16 heavy (non-hydrogen) atoms. The maximum Gasteiger partial charge on any atom is 0.416 e. The molecular formula is C11H11F3O2. The Balaban J connectivity index is 0.000000325. The largest absolute Gasteiger partial charge is 0.478 e. The zero-order valence-electron chi connectivity index (χ0n) is 8.58. The fraction of sp³-hybridized carbons (Fsp3) is 0.182. The highest BCUT2D eigenvalue weighted by Crippen LogP contribution is 2.28. The molecule has 0 atom stereocenters. The van der Waals surface area contributed by atoms with Crippen LogP contribution in [0, 0.1) is 0 Å². The van der Waals surface area contributed by atoms with Crippen molar-refractivity contribution in [2.45, 2.75) is 13.1 Å². The average molecular weight is 232 g/mol. The lowest BCUT2D eigenvalue weighted by atomic mass is 10.2. The lowest BCUT2D eigenvalue weighted by Gasteiger charge is -2.03. The molecule has 0 saturated heterocycles. The summed E-state index contributed by atoms with van der Waals surface area (Å²) in [7, 11) is 0. The minimum atomic E-state index is -4.21. The van der Waals surface area contributed by atoms with E-state index in [9.17, 15) is 18.0 Å². The molecule has 0 saturated carbocycles. The number of alkyl halides is 3. The molecule has 0 radical (unpaired) electrons. The maximum atomic E-state index is 11.8. The minimum Gasteiger partial charge on any atom is -0.478 e. The molecular weight excluding hydrogens is 221 g/mol. The van der Waals surface area contributed by atoms with Gasteiger partial charge in [-0.3, -0.25) is 0 Å². The van der Waals surface area contributed by atoms with E-state index in [0.29, 0.717) is 0 Å². The normalized spacial score (nSPS) is 10.0. The lowest BCUT2D eigenvalue weighted by molar-refractivity contribution is -0.137. The van der Waals surface area contributed by atoms with E-state index in [0.717, 1.165) is 12.1 Å². The minimum absolute atomic E-state index is 0.176. The summed E-state index contributed by atoms with van der Waals surface area (Å²) in [5, 5.41) is 7.89. The number of carbonyl (C=O) groups is 1. The van der Waals surface area contributed by atoms with Gasteiger partial charge in [0.25, 0.3) is 0 Å². The van der Waals surface area contributed by atoms with Gasteiger partial charge in [-0.25, -0.2) is 4.79 Å². The van der Waals surface area contributed by atoms with Crippen LogP contribution in [0.2, 0.25) is 0 Å². The van der Waals surface area contributed by atoms with Crippen molar-refractivity contribution in [1.82, 2.24) is 0 Å². The number of aliphatic carboxylic acids is 1. The Morgan fingerprint density at radius 3 is 1.81 bits per heavy atom.